The van der Waals surface area contributed by atoms with Crippen LogP contribution in [0.15, 0.2) is 18.2 Å². The maximum Gasteiger partial charge on any atom is 0.0735 e. The van der Waals surface area contributed by atoms with E-state index in [9.17, 15) is 0 Å². The molecule has 0 amide bonds. The van der Waals surface area contributed by atoms with E-state index in [1.165, 1.54) is 0 Å². The first kappa shape index (κ1) is 12.2. The van der Waals surface area contributed by atoms with Gasteiger partial charge in [-0.3, -0.25) is 0 Å². The summed E-state index contributed by atoms with van der Waals surface area (Å²) in [5.41, 5.74) is 0.945. The molecule has 1 heterocycles. The van der Waals surface area contributed by atoms with Gasteiger partial charge >= 0.3 is 0 Å². The van der Waals surface area contributed by atoms with Crippen LogP contribution in [0.25, 0.3) is 0 Å². The van der Waals surface area contributed by atoms with E-state index in [4.69, 9.17) is 32.7 Å². The standard InChI is InChI=1S/C12H14Cl2O2/c13-10-1-2-12(14)9(7-10)8-16-11-3-5-15-6-4-11/h1-2,7,11H,3-6,8H2. The number of ether oxygens (including phenoxy) is 2. The summed E-state index contributed by atoms with van der Waals surface area (Å²) in [6.07, 6.45) is 2.19. The normalized spacial score (nSPS) is 17.6. The zero-order chi connectivity index (χ0) is 11.4. The van der Waals surface area contributed by atoms with Gasteiger partial charge in [0.1, 0.15) is 0 Å². The molecule has 0 bridgehead atoms. The Balaban J connectivity index is 1.90. The van der Waals surface area contributed by atoms with Crippen LogP contribution in [0.4, 0.5) is 0 Å². The molecule has 4 heteroatoms. The predicted molar refractivity (Wildman–Crippen MR) is 65.1 cm³/mol. The summed E-state index contributed by atoms with van der Waals surface area (Å²) in [6, 6.07) is 5.43. The largest absolute Gasteiger partial charge is 0.381 e. The first-order valence-corrected chi connectivity index (χ1v) is 6.14. The van der Waals surface area contributed by atoms with E-state index in [1.54, 1.807) is 12.1 Å². The minimum Gasteiger partial charge on any atom is -0.381 e. The van der Waals surface area contributed by atoms with Gasteiger partial charge in [-0.2, -0.15) is 0 Å². The maximum atomic E-state index is 6.05. The first-order valence-electron chi connectivity index (χ1n) is 5.39. The topological polar surface area (TPSA) is 18.5 Å². The summed E-state index contributed by atoms with van der Waals surface area (Å²) < 4.78 is 11.0. The maximum absolute atomic E-state index is 6.05. The van der Waals surface area contributed by atoms with Crippen LogP contribution in [-0.4, -0.2) is 19.3 Å². The molecule has 2 nitrogen and oxygen atoms in total. The summed E-state index contributed by atoms with van der Waals surface area (Å²) in [5, 5.41) is 1.39. The van der Waals surface area contributed by atoms with E-state index in [0.29, 0.717) is 16.7 Å². The Hall–Kier alpha value is -0.280. The molecule has 0 radical (unpaired) electrons. The van der Waals surface area contributed by atoms with Crippen molar-refractivity contribution < 1.29 is 9.47 Å². The summed E-state index contributed by atoms with van der Waals surface area (Å²) in [4.78, 5) is 0. The average Bonchev–Trinajstić information content (AvgIpc) is 2.32. The van der Waals surface area contributed by atoms with Gasteiger partial charge in [0, 0.05) is 23.3 Å². The lowest BCUT2D eigenvalue weighted by molar-refractivity contribution is -0.0390. The van der Waals surface area contributed by atoms with Crippen molar-refractivity contribution in [3.8, 4) is 0 Å². The Kier molecular flexibility index (Phi) is 4.47. The number of hydrogen-bond donors (Lipinski definition) is 0. The van der Waals surface area contributed by atoms with E-state index < -0.39 is 0 Å². The molecular formula is C12H14Cl2O2. The Bertz CT molecular complexity index is 349. The molecule has 1 saturated heterocycles. The van der Waals surface area contributed by atoms with Gasteiger partial charge in [0.05, 0.1) is 12.7 Å². The third kappa shape index (κ3) is 3.36. The molecule has 1 aliphatic rings. The zero-order valence-corrected chi connectivity index (χ0v) is 10.4. The molecule has 1 aromatic rings. The van der Waals surface area contributed by atoms with Crippen molar-refractivity contribution in [2.45, 2.75) is 25.6 Å². The Morgan fingerprint density at radius 3 is 2.75 bits per heavy atom. The van der Waals surface area contributed by atoms with Gasteiger partial charge < -0.3 is 9.47 Å². The molecule has 0 atom stereocenters. The van der Waals surface area contributed by atoms with Crippen molar-refractivity contribution in [3.05, 3.63) is 33.8 Å². The first-order chi connectivity index (χ1) is 7.75. The van der Waals surface area contributed by atoms with Crippen molar-refractivity contribution in [1.29, 1.82) is 0 Å². The minimum atomic E-state index is 0.281. The molecule has 16 heavy (non-hydrogen) atoms. The Morgan fingerprint density at radius 2 is 2.00 bits per heavy atom. The molecule has 0 saturated carbocycles. The Morgan fingerprint density at radius 1 is 1.25 bits per heavy atom. The molecular weight excluding hydrogens is 247 g/mol. The quantitative estimate of drug-likeness (QED) is 0.826. The second kappa shape index (κ2) is 5.87. The Labute approximate surface area is 105 Å². The van der Waals surface area contributed by atoms with Crippen molar-refractivity contribution >= 4 is 23.2 Å². The highest BCUT2D eigenvalue weighted by Crippen LogP contribution is 2.22. The van der Waals surface area contributed by atoms with E-state index in [-0.39, 0.29) is 6.10 Å². The molecule has 0 N–H and O–H groups in total. The van der Waals surface area contributed by atoms with E-state index >= 15 is 0 Å². The van der Waals surface area contributed by atoms with E-state index in [2.05, 4.69) is 0 Å². The van der Waals surface area contributed by atoms with Crippen LogP contribution in [0.3, 0.4) is 0 Å². The van der Waals surface area contributed by atoms with Crippen LogP contribution in [-0.2, 0) is 16.1 Å². The van der Waals surface area contributed by atoms with Crippen LogP contribution in [0.2, 0.25) is 10.0 Å². The van der Waals surface area contributed by atoms with Crippen molar-refractivity contribution in [2.75, 3.05) is 13.2 Å². The predicted octanol–water partition coefficient (Wildman–Crippen LogP) is 3.69. The summed E-state index contributed by atoms with van der Waals surface area (Å²) >= 11 is 12.0. The van der Waals surface area contributed by atoms with Gasteiger partial charge in [-0.25, -0.2) is 0 Å². The number of rotatable bonds is 3. The molecule has 2 rings (SSSR count). The van der Waals surface area contributed by atoms with Crippen LogP contribution in [0, 0.1) is 0 Å². The molecule has 1 aliphatic heterocycles. The van der Waals surface area contributed by atoms with Crippen molar-refractivity contribution in [3.63, 3.8) is 0 Å². The van der Waals surface area contributed by atoms with Gasteiger partial charge in [-0.15, -0.1) is 0 Å². The number of halogens is 2. The lowest BCUT2D eigenvalue weighted by atomic mass is 10.1. The van der Waals surface area contributed by atoms with E-state index in [1.807, 2.05) is 6.07 Å². The molecule has 0 unspecified atom stereocenters. The highest BCUT2D eigenvalue weighted by Gasteiger charge is 2.14. The SMILES string of the molecule is Clc1ccc(Cl)c(COC2CCOCC2)c1. The van der Waals surface area contributed by atoms with Gasteiger partial charge in [0.2, 0.25) is 0 Å². The molecule has 0 aliphatic carbocycles. The fourth-order valence-electron chi connectivity index (χ4n) is 1.70. The van der Waals surface area contributed by atoms with Gasteiger partial charge in [-0.1, -0.05) is 23.2 Å². The third-order valence-corrected chi connectivity index (χ3v) is 3.25. The minimum absolute atomic E-state index is 0.281. The smallest absolute Gasteiger partial charge is 0.0735 e. The van der Waals surface area contributed by atoms with Gasteiger partial charge in [0.25, 0.3) is 0 Å². The van der Waals surface area contributed by atoms with Crippen LogP contribution < -0.4 is 0 Å². The van der Waals surface area contributed by atoms with Crippen molar-refractivity contribution in [1.82, 2.24) is 0 Å². The average molecular weight is 261 g/mol. The second-order valence-electron chi connectivity index (χ2n) is 3.86. The van der Waals surface area contributed by atoms with Crippen LogP contribution in [0.5, 0.6) is 0 Å². The second-order valence-corrected chi connectivity index (χ2v) is 4.70. The number of benzene rings is 1. The summed E-state index contributed by atoms with van der Waals surface area (Å²) in [5.74, 6) is 0. The fourth-order valence-corrected chi connectivity index (χ4v) is 2.07. The molecule has 0 aromatic heterocycles. The lowest BCUT2D eigenvalue weighted by Gasteiger charge is -2.22. The highest BCUT2D eigenvalue weighted by atomic mass is 35.5. The number of hydrogen-bond acceptors (Lipinski definition) is 2. The molecule has 88 valence electrons. The van der Waals surface area contributed by atoms with Crippen molar-refractivity contribution in [2.24, 2.45) is 0 Å². The fraction of sp³-hybridized carbons (Fsp3) is 0.500. The van der Waals surface area contributed by atoms with Gasteiger partial charge in [0.15, 0.2) is 0 Å². The lowest BCUT2D eigenvalue weighted by Crippen LogP contribution is -2.23. The van der Waals surface area contributed by atoms with Crippen LogP contribution >= 0.6 is 23.2 Å². The van der Waals surface area contributed by atoms with E-state index in [0.717, 1.165) is 31.6 Å². The van der Waals surface area contributed by atoms with Crippen LogP contribution in [0.1, 0.15) is 18.4 Å². The molecule has 1 aromatic carbocycles. The molecule has 1 fully saturated rings. The monoisotopic (exact) mass is 260 g/mol. The van der Waals surface area contributed by atoms with Gasteiger partial charge in [-0.05, 0) is 36.6 Å². The highest BCUT2D eigenvalue weighted by molar-refractivity contribution is 6.33. The molecule has 0 spiro atoms. The summed E-state index contributed by atoms with van der Waals surface area (Å²) in [6.45, 7) is 2.09. The summed E-state index contributed by atoms with van der Waals surface area (Å²) in [7, 11) is 0. The third-order valence-electron chi connectivity index (χ3n) is 2.65. The zero-order valence-electron chi connectivity index (χ0n) is 8.92.